The normalized spacial score (nSPS) is 14.3. The predicted octanol–water partition coefficient (Wildman–Crippen LogP) is 2.39. The molecule has 0 spiro atoms. The Hall–Kier alpha value is -2.85. The molecule has 1 aromatic carbocycles. The lowest BCUT2D eigenvalue weighted by atomic mass is 10.3. The third-order valence-electron chi connectivity index (χ3n) is 4.02. The number of hydrogen-bond donors (Lipinski definition) is 2. The Balaban J connectivity index is 1.51. The summed E-state index contributed by atoms with van der Waals surface area (Å²) in [4.78, 5) is 4.40. The largest absolute Gasteiger partial charge is 0.495 e. The zero-order valence-corrected chi connectivity index (χ0v) is 15.3. The highest BCUT2D eigenvalue weighted by Crippen LogP contribution is 2.29. The van der Waals surface area contributed by atoms with E-state index in [4.69, 9.17) is 13.7 Å². The first-order chi connectivity index (χ1) is 13.0. The summed E-state index contributed by atoms with van der Waals surface area (Å²) < 4.78 is 43.2. The molecule has 142 valence electrons. The number of ether oxygens (including phenoxy) is 1. The van der Waals surface area contributed by atoms with Gasteiger partial charge in [0.2, 0.25) is 21.7 Å². The third-order valence-corrected chi connectivity index (χ3v) is 5.54. The van der Waals surface area contributed by atoms with E-state index in [1.807, 2.05) is 0 Å². The Labute approximate surface area is 155 Å². The second-order valence-electron chi connectivity index (χ2n) is 6.10. The monoisotopic (exact) mass is 390 g/mol. The van der Waals surface area contributed by atoms with Gasteiger partial charge in [0.1, 0.15) is 5.75 Å². The van der Waals surface area contributed by atoms with Crippen molar-refractivity contribution in [3.8, 4) is 17.3 Å². The molecule has 10 heteroatoms. The van der Waals surface area contributed by atoms with E-state index in [1.165, 1.54) is 25.5 Å². The van der Waals surface area contributed by atoms with E-state index in [-0.39, 0.29) is 17.5 Å². The maximum absolute atomic E-state index is 12.4. The lowest BCUT2D eigenvalue weighted by Gasteiger charge is -2.12. The minimum Gasteiger partial charge on any atom is -0.495 e. The van der Waals surface area contributed by atoms with Gasteiger partial charge in [0.15, 0.2) is 5.76 Å². The van der Waals surface area contributed by atoms with Crippen LogP contribution < -0.4 is 14.8 Å². The van der Waals surface area contributed by atoms with Gasteiger partial charge in [-0.05, 0) is 43.2 Å². The number of hydrogen-bond acceptors (Lipinski definition) is 8. The highest BCUT2D eigenvalue weighted by atomic mass is 32.2. The lowest BCUT2D eigenvalue weighted by Crippen LogP contribution is -2.25. The third kappa shape index (κ3) is 3.96. The van der Waals surface area contributed by atoms with Crippen LogP contribution in [0, 0.1) is 0 Å². The van der Waals surface area contributed by atoms with Crippen molar-refractivity contribution in [1.82, 2.24) is 14.9 Å². The molecule has 1 aliphatic rings. The molecule has 3 aromatic rings. The van der Waals surface area contributed by atoms with Crippen LogP contribution in [0.15, 0.2) is 50.4 Å². The molecule has 9 nitrogen and oxygen atoms in total. The summed E-state index contributed by atoms with van der Waals surface area (Å²) in [7, 11) is -2.05. The minimum atomic E-state index is -3.56. The molecule has 4 rings (SSSR count). The van der Waals surface area contributed by atoms with Crippen LogP contribution in [0.25, 0.3) is 11.6 Å². The molecule has 0 radical (unpaired) electrons. The maximum atomic E-state index is 12.4. The van der Waals surface area contributed by atoms with Gasteiger partial charge in [-0.1, -0.05) is 5.16 Å². The van der Waals surface area contributed by atoms with Crippen LogP contribution >= 0.6 is 0 Å². The van der Waals surface area contributed by atoms with Gasteiger partial charge < -0.3 is 19.0 Å². The van der Waals surface area contributed by atoms with Crippen LogP contribution in [0.3, 0.4) is 0 Å². The molecular weight excluding hydrogens is 372 g/mol. The van der Waals surface area contributed by atoms with Crippen molar-refractivity contribution in [3.05, 3.63) is 42.5 Å². The van der Waals surface area contributed by atoms with Gasteiger partial charge in [0.05, 0.1) is 30.5 Å². The molecule has 1 aliphatic carbocycles. The Bertz CT molecular complexity index is 1030. The minimum absolute atomic E-state index is 0.0342. The van der Waals surface area contributed by atoms with Crippen molar-refractivity contribution in [2.45, 2.75) is 30.3 Å². The molecule has 0 unspecified atom stereocenters. The number of rotatable bonds is 8. The Morgan fingerprint density at radius 2 is 2.15 bits per heavy atom. The van der Waals surface area contributed by atoms with Gasteiger partial charge >= 0.3 is 0 Å². The highest BCUT2D eigenvalue weighted by molar-refractivity contribution is 7.89. The van der Waals surface area contributed by atoms with Crippen molar-refractivity contribution in [2.24, 2.45) is 0 Å². The van der Waals surface area contributed by atoms with Gasteiger partial charge in [-0.25, -0.2) is 13.1 Å². The van der Waals surface area contributed by atoms with Crippen LogP contribution in [0.2, 0.25) is 0 Å². The summed E-state index contributed by atoms with van der Waals surface area (Å²) in [6.45, 7) is 0.198. The SMILES string of the molecule is COc1ccc(S(=O)(=O)NC2CC2)cc1NCc1nc(-c2ccco2)no1. The highest BCUT2D eigenvalue weighted by Gasteiger charge is 2.28. The molecular formula is C17H18N4O5S. The zero-order chi connectivity index (χ0) is 18.9. The number of methoxy groups -OCH3 is 1. The molecule has 1 saturated carbocycles. The molecule has 0 saturated heterocycles. The first kappa shape index (κ1) is 17.6. The number of benzene rings is 1. The fourth-order valence-corrected chi connectivity index (χ4v) is 3.82. The first-order valence-electron chi connectivity index (χ1n) is 8.36. The number of nitrogens with one attached hydrogen (secondary N) is 2. The van der Waals surface area contributed by atoms with Crippen molar-refractivity contribution in [2.75, 3.05) is 12.4 Å². The average Bonchev–Trinajstić information content (AvgIpc) is 3.14. The fourth-order valence-electron chi connectivity index (χ4n) is 2.48. The van der Waals surface area contributed by atoms with Crippen LogP contribution in [0.4, 0.5) is 5.69 Å². The van der Waals surface area contributed by atoms with Crippen molar-refractivity contribution < 1.29 is 22.1 Å². The number of anilines is 1. The summed E-state index contributed by atoms with van der Waals surface area (Å²) in [6, 6.07) is 8.13. The van der Waals surface area contributed by atoms with Gasteiger partial charge in [0, 0.05) is 6.04 Å². The van der Waals surface area contributed by atoms with E-state index in [9.17, 15) is 8.42 Å². The number of nitrogens with zero attached hydrogens (tertiary/aromatic N) is 2. The van der Waals surface area contributed by atoms with Gasteiger partial charge in [-0.2, -0.15) is 4.98 Å². The lowest BCUT2D eigenvalue weighted by molar-refractivity contribution is 0.382. The zero-order valence-electron chi connectivity index (χ0n) is 14.5. The van der Waals surface area contributed by atoms with E-state index in [1.54, 1.807) is 18.2 Å². The second kappa shape index (κ2) is 7.05. The molecule has 1 fully saturated rings. The topological polar surface area (TPSA) is 119 Å². The summed E-state index contributed by atoms with van der Waals surface area (Å²) in [6.07, 6.45) is 3.27. The standard InChI is InChI=1S/C17H18N4O5S/c1-24-14-7-6-12(27(22,23)21-11-4-5-11)9-13(14)18-10-16-19-17(20-26-16)15-3-2-8-25-15/h2-3,6-9,11,18,21H,4-5,10H2,1H3. The molecule has 2 heterocycles. The first-order valence-corrected chi connectivity index (χ1v) is 9.84. The number of furan rings is 1. The second-order valence-corrected chi connectivity index (χ2v) is 7.81. The summed E-state index contributed by atoms with van der Waals surface area (Å²) in [5, 5.41) is 6.93. The molecule has 0 atom stereocenters. The smallest absolute Gasteiger partial charge is 0.246 e. The Morgan fingerprint density at radius 1 is 1.30 bits per heavy atom. The van der Waals surface area contributed by atoms with Gasteiger partial charge in [0.25, 0.3) is 0 Å². The molecule has 0 bridgehead atoms. The average molecular weight is 390 g/mol. The summed E-state index contributed by atoms with van der Waals surface area (Å²) in [5.74, 6) is 1.68. The van der Waals surface area contributed by atoms with Crippen LogP contribution in [0.1, 0.15) is 18.7 Å². The van der Waals surface area contributed by atoms with E-state index >= 15 is 0 Å². The van der Waals surface area contributed by atoms with Gasteiger partial charge in [-0.3, -0.25) is 0 Å². The summed E-state index contributed by atoms with van der Waals surface area (Å²) in [5.41, 5.74) is 0.508. The van der Waals surface area contributed by atoms with Crippen LogP contribution in [-0.2, 0) is 16.6 Å². The van der Waals surface area contributed by atoms with Crippen molar-refractivity contribution in [3.63, 3.8) is 0 Å². The molecule has 2 N–H and O–H groups in total. The van der Waals surface area contributed by atoms with E-state index in [0.29, 0.717) is 28.9 Å². The van der Waals surface area contributed by atoms with Gasteiger partial charge in [-0.15, -0.1) is 0 Å². The maximum Gasteiger partial charge on any atom is 0.246 e. The molecule has 0 aliphatic heterocycles. The van der Waals surface area contributed by atoms with E-state index < -0.39 is 10.0 Å². The predicted molar refractivity (Wildman–Crippen MR) is 95.7 cm³/mol. The quantitative estimate of drug-likeness (QED) is 0.602. The Kier molecular flexibility index (Phi) is 4.58. The molecule has 27 heavy (non-hydrogen) atoms. The van der Waals surface area contributed by atoms with Crippen molar-refractivity contribution in [1.29, 1.82) is 0 Å². The Morgan fingerprint density at radius 3 is 2.85 bits per heavy atom. The van der Waals surface area contributed by atoms with Crippen molar-refractivity contribution >= 4 is 15.7 Å². The van der Waals surface area contributed by atoms with Crippen LogP contribution in [0.5, 0.6) is 5.75 Å². The van der Waals surface area contributed by atoms with E-state index in [2.05, 4.69) is 20.2 Å². The molecule has 0 amide bonds. The fraction of sp³-hybridized carbons (Fsp3) is 0.294. The molecule has 2 aromatic heterocycles. The number of aromatic nitrogens is 2. The van der Waals surface area contributed by atoms with E-state index in [0.717, 1.165) is 12.8 Å². The number of sulfonamides is 1. The van der Waals surface area contributed by atoms with Crippen LogP contribution in [-0.4, -0.2) is 31.7 Å². The summed E-state index contributed by atoms with van der Waals surface area (Å²) >= 11 is 0.